The predicted molar refractivity (Wildman–Crippen MR) is 113 cm³/mol. The molecule has 4 rings (SSSR count). The highest BCUT2D eigenvalue weighted by Crippen LogP contribution is 2.33. The van der Waals surface area contributed by atoms with Crippen molar-refractivity contribution in [3.8, 4) is 0 Å². The molecule has 1 aliphatic rings. The topological polar surface area (TPSA) is 63.1 Å². The van der Waals surface area contributed by atoms with Gasteiger partial charge in [0.2, 0.25) is 11.8 Å². The van der Waals surface area contributed by atoms with Crippen molar-refractivity contribution in [3.05, 3.63) is 42.5 Å². The Kier molecular flexibility index (Phi) is 4.84. The molecule has 2 aromatic carbocycles. The van der Waals surface area contributed by atoms with E-state index in [-0.39, 0.29) is 11.8 Å². The van der Waals surface area contributed by atoms with Crippen molar-refractivity contribution < 1.29 is 9.59 Å². The van der Waals surface area contributed by atoms with Crippen LogP contribution < -0.4 is 10.6 Å². The average molecular weight is 377 g/mol. The van der Waals surface area contributed by atoms with Gasteiger partial charge in [-0.3, -0.25) is 9.59 Å². The van der Waals surface area contributed by atoms with Crippen LogP contribution in [-0.4, -0.2) is 21.9 Å². The minimum atomic E-state index is -0.795. The molecule has 1 aromatic heterocycles. The zero-order chi connectivity index (χ0) is 19.7. The third-order valence-corrected chi connectivity index (χ3v) is 5.90. The van der Waals surface area contributed by atoms with Crippen LogP contribution in [-0.2, 0) is 16.1 Å². The van der Waals surface area contributed by atoms with Gasteiger partial charge in [0.25, 0.3) is 0 Å². The molecule has 0 saturated heterocycles. The number of anilines is 1. The Hall–Kier alpha value is -2.82. The lowest BCUT2D eigenvalue weighted by molar-refractivity contribution is -0.130. The standard InChI is InChI=1S/C23H27N3O2/c1-3-26-20-10-6-5-9-18(20)19-15-17(11-12-21(19)26)24-22(28)23(25-16(2)27)13-7-4-8-14-23/h5-6,9-12,15H,3-4,7-8,13-14H2,1-2H3,(H,24,28)(H,25,27). The Morgan fingerprint density at radius 3 is 2.43 bits per heavy atom. The van der Waals surface area contributed by atoms with Crippen molar-refractivity contribution in [1.29, 1.82) is 0 Å². The summed E-state index contributed by atoms with van der Waals surface area (Å²) in [4.78, 5) is 24.9. The first-order valence-corrected chi connectivity index (χ1v) is 10.2. The van der Waals surface area contributed by atoms with Gasteiger partial charge < -0.3 is 15.2 Å². The Balaban J connectivity index is 1.70. The smallest absolute Gasteiger partial charge is 0.250 e. The van der Waals surface area contributed by atoms with Crippen LogP contribution in [0.2, 0.25) is 0 Å². The summed E-state index contributed by atoms with van der Waals surface area (Å²) in [6, 6.07) is 14.4. The van der Waals surface area contributed by atoms with Crippen LogP contribution >= 0.6 is 0 Å². The number of hydrogen-bond donors (Lipinski definition) is 2. The number of rotatable bonds is 4. The van der Waals surface area contributed by atoms with Crippen molar-refractivity contribution >= 4 is 39.3 Å². The minimum Gasteiger partial charge on any atom is -0.342 e. The molecule has 0 radical (unpaired) electrons. The van der Waals surface area contributed by atoms with Gasteiger partial charge in [-0.05, 0) is 44.0 Å². The van der Waals surface area contributed by atoms with Gasteiger partial charge >= 0.3 is 0 Å². The summed E-state index contributed by atoms with van der Waals surface area (Å²) in [5, 5.41) is 8.34. The largest absolute Gasteiger partial charge is 0.342 e. The molecule has 1 aliphatic carbocycles. The zero-order valence-corrected chi connectivity index (χ0v) is 16.5. The highest BCUT2D eigenvalue weighted by Gasteiger charge is 2.40. The summed E-state index contributed by atoms with van der Waals surface area (Å²) in [6.07, 6.45) is 4.40. The molecule has 0 unspecified atom stereocenters. The molecule has 0 aliphatic heterocycles. The van der Waals surface area contributed by atoms with E-state index in [0.717, 1.165) is 42.4 Å². The Bertz CT molecular complexity index is 1040. The van der Waals surface area contributed by atoms with Crippen molar-refractivity contribution in [3.63, 3.8) is 0 Å². The van der Waals surface area contributed by atoms with Crippen LogP contribution in [0, 0.1) is 0 Å². The fourth-order valence-corrected chi connectivity index (χ4v) is 4.62. The number of hydrogen-bond acceptors (Lipinski definition) is 2. The van der Waals surface area contributed by atoms with Crippen molar-refractivity contribution in [2.45, 2.75) is 58.0 Å². The maximum Gasteiger partial charge on any atom is 0.250 e. The van der Waals surface area contributed by atoms with E-state index in [4.69, 9.17) is 0 Å². The maximum atomic E-state index is 13.2. The normalized spacial score (nSPS) is 16.2. The van der Waals surface area contributed by atoms with Crippen LogP contribution in [0.3, 0.4) is 0 Å². The molecule has 1 fully saturated rings. The number of nitrogens with zero attached hydrogens (tertiary/aromatic N) is 1. The third-order valence-electron chi connectivity index (χ3n) is 5.90. The molecule has 1 saturated carbocycles. The highest BCUT2D eigenvalue weighted by molar-refractivity contribution is 6.10. The summed E-state index contributed by atoms with van der Waals surface area (Å²) in [7, 11) is 0. The Morgan fingerprint density at radius 2 is 1.71 bits per heavy atom. The number of aryl methyl sites for hydroxylation is 1. The first-order valence-electron chi connectivity index (χ1n) is 10.2. The van der Waals surface area contributed by atoms with E-state index in [2.05, 4.69) is 46.4 Å². The van der Waals surface area contributed by atoms with E-state index >= 15 is 0 Å². The van der Waals surface area contributed by atoms with Gasteiger partial charge in [-0.1, -0.05) is 37.5 Å². The molecule has 28 heavy (non-hydrogen) atoms. The molecule has 0 atom stereocenters. The number of aromatic nitrogens is 1. The average Bonchev–Trinajstić information content (AvgIpc) is 3.01. The lowest BCUT2D eigenvalue weighted by atomic mass is 9.80. The molecule has 0 spiro atoms. The van der Waals surface area contributed by atoms with E-state index in [0.29, 0.717) is 12.8 Å². The molecule has 1 heterocycles. The lowest BCUT2D eigenvalue weighted by Crippen LogP contribution is -2.57. The summed E-state index contributed by atoms with van der Waals surface area (Å²) >= 11 is 0. The highest BCUT2D eigenvalue weighted by atomic mass is 16.2. The van der Waals surface area contributed by atoms with Crippen molar-refractivity contribution in [1.82, 2.24) is 9.88 Å². The van der Waals surface area contributed by atoms with Gasteiger partial charge in [-0.15, -0.1) is 0 Å². The van der Waals surface area contributed by atoms with Crippen LogP contribution in [0.5, 0.6) is 0 Å². The van der Waals surface area contributed by atoms with Crippen LogP contribution in [0.1, 0.15) is 46.0 Å². The molecule has 2 N–H and O–H groups in total. The SMILES string of the molecule is CCn1c2ccccc2c2cc(NC(=O)C3(NC(C)=O)CCCCC3)ccc21. The van der Waals surface area contributed by atoms with Crippen LogP contribution in [0.15, 0.2) is 42.5 Å². The third kappa shape index (κ3) is 3.15. The van der Waals surface area contributed by atoms with Crippen LogP contribution in [0.25, 0.3) is 21.8 Å². The van der Waals surface area contributed by atoms with Gasteiger partial charge in [-0.2, -0.15) is 0 Å². The van der Waals surface area contributed by atoms with E-state index in [9.17, 15) is 9.59 Å². The second-order valence-electron chi connectivity index (χ2n) is 7.77. The molecule has 5 nitrogen and oxygen atoms in total. The van der Waals surface area contributed by atoms with Crippen LogP contribution in [0.4, 0.5) is 5.69 Å². The van der Waals surface area contributed by atoms with Crippen molar-refractivity contribution in [2.75, 3.05) is 5.32 Å². The van der Waals surface area contributed by atoms with E-state index in [1.54, 1.807) is 0 Å². The lowest BCUT2D eigenvalue weighted by Gasteiger charge is -2.36. The first kappa shape index (κ1) is 18.5. The second kappa shape index (κ2) is 7.30. The Morgan fingerprint density at radius 1 is 1.00 bits per heavy atom. The van der Waals surface area contributed by atoms with E-state index in [1.165, 1.54) is 17.8 Å². The summed E-state index contributed by atoms with van der Waals surface area (Å²) in [6.45, 7) is 4.51. The van der Waals surface area contributed by atoms with Gasteiger partial charge in [0.1, 0.15) is 5.54 Å². The maximum absolute atomic E-state index is 13.2. The summed E-state index contributed by atoms with van der Waals surface area (Å²) in [5.74, 6) is -0.264. The number of nitrogens with one attached hydrogen (secondary N) is 2. The minimum absolute atomic E-state index is 0.110. The predicted octanol–water partition coefficient (Wildman–Crippen LogP) is 4.59. The van der Waals surface area contributed by atoms with Gasteiger partial charge in [0.15, 0.2) is 0 Å². The molecule has 146 valence electrons. The molecule has 2 amide bonds. The molecule has 0 bridgehead atoms. The number of benzene rings is 2. The Labute approximate surface area is 165 Å². The number of carbonyl (C=O) groups is 2. The molecule has 5 heteroatoms. The molecular formula is C23H27N3O2. The van der Waals surface area contributed by atoms with Crippen molar-refractivity contribution in [2.24, 2.45) is 0 Å². The number of carbonyl (C=O) groups excluding carboxylic acids is 2. The van der Waals surface area contributed by atoms with Gasteiger partial charge in [0.05, 0.1) is 0 Å². The van der Waals surface area contributed by atoms with E-state index < -0.39 is 5.54 Å². The summed E-state index contributed by atoms with van der Waals surface area (Å²) in [5.41, 5.74) is 2.34. The zero-order valence-electron chi connectivity index (χ0n) is 16.5. The molecule has 3 aromatic rings. The van der Waals surface area contributed by atoms with Gasteiger partial charge in [0, 0.05) is 41.0 Å². The van der Waals surface area contributed by atoms with Gasteiger partial charge in [-0.25, -0.2) is 0 Å². The number of amides is 2. The second-order valence-corrected chi connectivity index (χ2v) is 7.77. The molecular weight excluding hydrogens is 350 g/mol. The quantitative estimate of drug-likeness (QED) is 0.698. The number of fused-ring (bicyclic) bond motifs is 3. The van der Waals surface area contributed by atoms with E-state index in [1.807, 2.05) is 18.2 Å². The fourth-order valence-electron chi connectivity index (χ4n) is 4.62. The fraction of sp³-hybridized carbons (Fsp3) is 0.391. The monoisotopic (exact) mass is 377 g/mol. The summed E-state index contributed by atoms with van der Waals surface area (Å²) < 4.78 is 2.29. The first-order chi connectivity index (χ1) is 13.5. The number of para-hydroxylation sites is 1.